The van der Waals surface area contributed by atoms with Crippen molar-refractivity contribution in [3.63, 3.8) is 0 Å². The number of thiophene rings is 1. The second-order valence-corrected chi connectivity index (χ2v) is 6.22. The molecule has 1 heterocycles. The molecule has 0 aliphatic heterocycles. The first-order valence-electron chi connectivity index (χ1n) is 4.91. The number of hydrogen-bond acceptors (Lipinski definition) is 3. The summed E-state index contributed by atoms with van der Waals surface area (Å²) in [5.74, 6) is 0.873. The van der Waals surface area contributed by atoms with E-state index in [9.17, 15) is 0 Å². The molecule has 0 bridgehead atoms. The van der Waals surface area contributed by atoms with Gasteiger partial charge in [-0.05, 0) is 41.3 Å². The van der Waals surface area contributed by atoms with Crippen LogP contribution < -0.4 is 5.73 Å². The molecule has 17 heavy (non-hydrogen) atoms. The van der Waals surface area contributed by atoms with Gasteiger partial charge in [-0.3, -0.25) is 0 Å². The first-order chi connectivity index (χ1) is 8.16. The van der Waals surface area contributed by atoms with Gasteiger partial charge in [-0.2, -0.15) is 0 Å². The fraction of sp³-hybridized carbons (Fsp3) is 0.0833. The van der Waals surface area contributed by atoms with Crippen LogP contribution in [0.15, 0.2) is 40.6 Å². The lowest BCUT2D eigenvalue weighted by Gasteiger charge is -2.03. The third-order valence-corrected chi connectivity index (χ3v) is 4.81. The molecule has 0 radical (unpaired) electrons. The van der Waals surface area contributed by atoms with Crippen LogP contribution in [0.5, 0.6) is 0 Å². The average molecular weight is 300 g/mol. The minimum Gasteiger partial charge on any atom is -0.389 e. The predicted octanol–water partition coefficient (Wildman–Crippen LogP) is 4.33. The summed E-state index contributed by atoms with van der Waals surface area (Å²) in [5, 5.41) is 2.78. The molecule has 0 unspecified atom stereocenters. The number of rotatable bonds is 4. The van der Waals surface area contributed by atoms with E-state index in [0.29, 0.717) is 4.99 Å². The number of nitrogens with two attached hydrogens (primary N) is 1. The monoisotopic (exact) mass is 299 g/mol. The normalized spacial score (nSPS) is 10.4. The van der Waals surface area contributed by atoms with E-state index in [-0.39, 0.29) is 0 Å². The molecule has 1 nitrogen and oxygen atoms in total. The van der Waals surface area contributed by atoms with E-state index in [1.165, 1.54) is 10.5 Å². The molecule has 0 saturated carbocycles. The second-order valence-electron chi connectivity index (χ2n) is 3.38. The Balaban J connectivity index is 2.05. The van der Waals surface area contributed by atoms with Gasteiger partial charge < -0.3 is 5.73 Å². The summed E-state index contributed by atoms with van der Waals surface area (Å²) in [6, 6.07) is 9.89. The minimum atomic E-state index is 0.478. The van der Waals surface area contributed by atoms with Crippen LogP contribution in [-0.4, -0.2) is 4.99 Å². The molecule has 88 valence electrons. The molecule has 0 saturated heterocycles. The number of halogens is 1. The molecule has 0 aliphatic rings. The Morgan fingerprint density at radius 1 is 1.29 bits per heavy atom. The molecule has 1 aromatic heterocycles. The molecular formula is C12H10ClNS3. The molecule has 2 aromatic rings. The minimum absolute atomic E-state index is 0.478. The Bertz CT molecular complexity index is 519. The highest BCUT2D eigenvalue weighted by atomic mass is 35.5. The first kappa shape index (κ1) is 12.9. The molecule has 0 amide bonds. The molecule has 0 atom stereocenters. The highest BCUT2D eigenvalue weighted by molar-refractivity contribution is 7.98. The summed E-state index contributed by atoms with van der Waals surface area (Å²) in [6.07, 6.45) is 0. The third kappa shape index (κ3) is 3.45. The number of hydrogen-bond donors (Lipinski definition) is 1. The Labute approximate surface area is 119 Å². The van der Waals surface area contributed by atoms with Gasteiger partial charge in [-0.15, -0.1) is 23.1 Å². The van der Waals surface area contributed by atoms with Crippen molar-refractivity contribution >= 4 is 51.9 Å². The van der Waals surface area contributed by atoms with Crippen LogP contribution in [0.1, 0.15) is 10.4 Å². The SMILES string of the molecule is NC(=S)c1sccc1CSc1ccc(Cl)cc1. The largest absolute Gasteiger partial charge is 0.389 e. The van der Waals surface area contributed by atoms with Gasteiger partial charge in [0.2, 0.25) is 0 Å². The van der Waals surface area contributed by atoms with Crippen molar-refractivity contribution in [1.29, 1.82) is 0 Å². The van der Waals surface area contributed by atoms with Crippen molar-refractivity contribution in [3.8, 4) is 0 Å². The molecular weight excluding hydrogens is 290 g/mol. The molecule has 0 fully saturated rings. The van der Waals surface area contributed by atoms with E-state index >= 15 is 0 Å². The topological polar surface area (TPSA) is 26.0 Å². The number of benzene rings is 1. The molecule has 5 heteroatoms. The van der Waals surface area contributed by atoms with Crippen molar-refractivity contribution in [3.05, 3.63) is 51.2 Å². The van der Waals surface area contributed by atoms with E-state index in [4.69, 9.17) is 29.6 Å². The fourth-order valence-electron chi connectivity index (χ4n) is 1.36. The average Bonchev–Trinajstić information content (AvgIpc) is 2.76. The first-order valence-corrected chi connectivity index (χ1v) is 7.56. The van der Waals surface area contributed by atoms with Gasteiger partial charge in [0.15, 0.2) is 0 Å². The van der Waals surface area contributed by atoms with Crippen LogP contribution in [0, 0.1) is 0 Å². The van der Waals surface area contributed by atoms with Gasteiger partial charge >= 0.3 is 0 Å². The van der Waals surface area contributed by atoms with Gasteiger partial charge in [0.1, 0.15) is 4.99 Å². The maximum atomic E-state index is 5.84. The van der Waals surface area contributed by atoms with E-state index in [0.717, 1.165) is 15.7 Å². The van der Waals surface area contributed by atoms with Crippen LogP contribution in [-0.2, 0) is 5.75 Å². The summed E-state index contributed by atoms with van der Waals surface area (Å²) in [7, 11) is 0. The summed E-state index contributed by atoms with van der Waals surface area (Å²) >= 11 is 14.2. The standard InChI is InChI=1S/C12H10ClNS3/c13-9-1-3-10(4-2-9)17-7-8-5-6-16-11(8)12(14)15/h1-6H,7H2,(H2,14,15). The van der Waals surface area contributed by atoms with Crippen LogP contribution in [0.4, 0.5) is 0 Å². The number of thioether (sulfide) groups is 1. The number of thiocarbonyl (C=S) groups is 1. The molecule has 1 aromatic carbocycles. The quantitative estimate of drug-likeness (QED) is 0.672. The van der Waals surface area contributed by atoms with Gasteiger partial charge in [0.05, 0.1) is 4.88 Å². The van der Waals surface area contributed by atoms with Gasteiger partial charge in [0, 0.05) is 15.7 Å². The van der Waals surface area contributed by atoms with Crippen LogP contribution in [0.3, 0.4) is 0 Å². The zero-order valence-corrected chi connectivity index (χ0v) is 12.1. The van der Waals surface area contributed by atoms with Crippen molar-refractivity contribution in [2.45, 2.75) is 10.6 Å². The Kier molecular flexibility index (Phi) is 4.45. The van der Waals surface area contributed by atoms with Crippen molar-refractivity contribution in [2.75, 3.05) is 0 Å². The van der Waals surface area contributed by atoms with E-state index in [2.05, 4.69) is 6.07 Å². The lowest BCUT2D eigenvalue weighted by atomic mass is 10.3. The summed E-state index contributed by atoms with van der Waals surface area (Å²) in [4.78, 5) is 2.68. The summed E-state index contributed by atoms with van der Waals surface area (Å²) in [6.45, 7) is 0. The predicted molar refractivity (Wildman–Crippen MR) is 81.2 cm³/mol. The van der Waals surface area contributed by atoms with Crippen LogP contribution >= 0.6 is 46.9 Å². The van der Waals surface area contributed by atoms with Gasteiger partial charge in [-0.25, -0.2) is 0 Å². The highest BCUT2D eigenvalue weighted by Crippen LogP contribution is 2.27. The smallest absolute Gasteiger partial charge is 0.114 e. The lowest BCUT2D eigenvalue weighted by Crippen LogP contribution is -2.09. The molecule has 2 N–H and O–H groups in total. The summed E-state index contributed by atoms with van der Waals surface area (Å²) in [5.41, 5.74) is 6.86. The summed E-state index contributed by atoms with van der Waals surface area (Å²) < 4.78 is 0. The molecule has 0 aliphatic carbocycles. The zero-order valence-electron chi connectivity index (χ0n) is 8.85. The molecule has 2 rings (SSSR count). The Morgan fingerprint density at radius 3 is 2.65 bits per heavy atom. The fourth-order valence-corrected chi connectivity index (χ4v) is 3.52. The maximum Gasteiger partial charge on any atom is 0.114 e. The van der Waals surface area contributed by atoms with E-state index in [1.54, 1.807) is 23.1 Å². The third-order valence-electron chi connectivity index (χ3n) is 2.18. The Hall–Kier alpha value is -0.550. The molecule has 0 spiro atoms. The van der Waals surface area contributed by atoms with Crippen LogP contribution in [0.2, 0.25) is 5.02 Å². The van der Waals surface area contributed by atoms with Crippen LogP contribution in [0.25, 0.3) is 0 Å². The van der Waals surface area contributed by atoms with Crippen molar-refractivity contribution in [1.82, 2.24) is 0 Å². The van der Waals surface area contributed by atoms with Crippen molar-refractivity contribution in [2.24, 2.45) is 5.73 Å². The van der Waals surface area contributed by atoms with Gasteiger partial charge in [-0.1, -0.05) is 23.8 Å². The highest BCUT2D eigenvalue weighted by Gasteiger charge is 2.07. The van der Waals surface area contributed by atoms with E-state index < -0.39 is 0 Å². The Morgan fingerprint density at radius 2 is 2.00 bits per heavy atom. The van der Waals surface area contributed by atoms with Crippen molar-refractivity contribution < 1.29 is 0 Å². The maximum absolute atomic E-state index is 5.84. The second kappa shape index (κ2) is 5.87. The van der Waals surface area contributed by atoms with E-state index in [1.807, 2.05) is 29.6 Å². The zero-order chi connectivity index (χ0) is 12.3. The van der Waals surface area contributed by atoms with Gasteiger partial charge in [0.25, 0.3) is 0 Å². The lowest BCUT2D eigenvalue weighted by molar-refractivity contribution is 1.40.